The van der Waals surface area contributed by atoms with Gasteiger partial charge in [0.1, 0.15) is 11.4 Å². The SMILES string of the molecule is O=C(Nc1c(NC2CCCCC2)c2ccccc2oc1=O)c1cccc(F)c1. The zero-order chi connectivity index (χ0) is 19.5. The summed E-state index contributed by atoms with van der Waals surface area (Å²) in [6.45, 7) is 0. The third-order valence-electron chi connectivity index (χ3n) is 5.09. The molecule has 144 valence electrons. The Balaban J connectivity index is 1.75. The fraction of sp³-hybridized carbons (Fsp3) is 0.273. The first-order chi connectivity index (χ1) is 13.6. The van der Waals surface area contributed by atoms with E-state index in [4.69, 9.17) is 4.42 Å². The van der Waals surface area contributed by atoms with Gasteiger partial charge < -0.3 is 15.1 Å². The van der Waals surface area contributed by atoms with Gasteiger partial charge in [-0.05, 0) is 43.2 Å². The second-order valence-corrected chi connectivity index (χ2v) is 7.08. The smallest absolute Gasteiger partial charge is 0.362 e. The van der Waals surface area contributed by atoms with Gasteiger partial charge in [-0.3, -0.25) is 4.79 Å². The summed E-state index contributed by atoms with van der Waals surface area (Å²) in [5.74, 6) is -1.08. The van der Waals surface area contributed by atoms with Crippen molar-refractivity contribution in [1.29, 1.82) is 0 Å². The van der Waals surface area contributed by atoms with Crippen LogP contribution in [0.2, 0.25) is 0 Å². The van der Waals surface area contributed by atoms with Crippen molar-refractivity contribution >= 4 is 28.3 Å². The minimum atomic E-state index is -0.637. The van der Waals surface area contributed by atoms with Gasteiger partial charge in [-0.25, -0.2) is 9.18 Å². The zero-order valence-electron chi connectivity index (χ0n) is 15.3. The standard InChI is InChI=1S/C22H21FN2O3/c23-15-8-6-7-14(13-15)21(26)25-20-19(24-16-9-2-1-3-10-16)17-11-4-5-12-18(17)28-22(20)27/h4-8,11-13,16,24H,1-3,9-10H2,(H,25,26). The molecule has 0 spiro atoms. The van der Waals surface area contributed by atoms with Gasteiger partial charge in [0.25, 0.3) is 5.91 Å². The summed E-state index contributed by atoms with van der Waals surface area (Å²) in [5, 5.41) is 6.81. The van der Waals surface area contributed by atoms with Crippen molar-refractivity contribution in [3.63, 3.8) is 0 Å². The van der Waals surface area contributed by atoms with Gasteiger partial charge in [-0.15, -0.1) is 0 Å². The Morgan fingerprint density at radius 3 is 2.57 bits per heavy atom. The summed E-state index contributed by atoms with van der Waals surface area (Å²) in [7, 11) is 0. The minimum Gasteiger partial charge on any atom is -0.421 e. The van der Waals surface area contributed by atoms with Crippen LogP contribution in [0.3, 0.4) is 0 Å². The Morgan fingerprint density at radius 2 is 1.79 bits per heavy atom. The van der Waals surface area contributed by atoms with Crippen LogP contribution in [0.5, 0.6) is 0 Å². The highest BCUT2D eigenvalue weighted by Crippen LogP contribution is 2.32. The predicted molar refractivity (Wildman–Crippen MR) is 107 cm³/mol. The van der Waals surface area contributed by atoms with E-state index in [1.165, 1.54) is 24.6 Å². The van der Waals surface area contributed by atoms with Gasteiger partial charge in [0, 0.05) is 17.0 Å². The third kappa shape index (κ3) is 3.76. The van der Waals surface area contributed by atoms with E-state index in [0.717, 1.165) is 37.1 Å². The Bertz CT molecular complexity index is 1070. The quantitative estimate of drug-likeness (QED) is 0.630. The van der Waals surface area contributed by atoms with Crippen LogP contribution in [-0.4, -0.2) is 11.9 Å². The molecule has 5 nitrogen and oxygen atoms in total. The summed E-state index contributed by atoms with van der Waals surface area (Å²) >= 11 is 0. The van der Waals surface area contributed by atoms with Gasteiger partial charge in [-0.1, -0.05) is 37.5 Å². The lowest BCUT2D eigenvalue weighted by molar-refractivity contribution is 0.102. The molecule has 3 aromatic rings. The molecule has 1 aliphatic rings. The minimum absolute atomic E-state index is 0.0542. The molecule has 1 aliphatic carbocycles. The number of fused-ring (bicyclic) bond motifs is 1. The monoisotopic (exact) mass is 380 g/mol. The van der Waals surface area contributed by atoms with E-state index >= 15 is 0 Å². The topological polar surface area (TPSA) is 71.3 Å². The summed E-state index contributed by atoms with van der Waals surface area (Å²) < 4.78 is 18.9. The van der Waals surface area contributed by atoms with Crippen LogP contribution in [-0.2, 0) is 0 Å². The van der Waals surface area contributed by atoms with Crippen LogP contribution in [0.15, 0.2) is 57.7 Å². The van der Waals surface area contributed by atoms with E-state index in [9.17, 15) is 14.0 Å². The molecule has 0 saturated heterocycles. The molecule has 2 N–H and O–H groups in total. The molecule has 0 aliphatic heterocycles. The van der Waals surface area contributed by atoms with E-state index in [2.05, 4.69) is 10.6 Å². The Hall–Kier alpha value is -3.15. The molecule has 0 atom stereocenters. The van der Waals surface area contributed by atoms with Crippen molar-refractivity contribution in [2.24, 2.45) is 0 Å². The number of rotatable bonds is 4. The molecule has 1 heterocycles. The molecule has 0 bridgehead atoms. The number of anilines is 2. The zero-order valence-corrected chi connectivity index (χ0v) is 15.3. The number of para-hydroxylation sites is 1. The Morgan fingerprint density at radius 1 is 1.00 bits per heavy atom. The summed E-state index contributed by atoms with van der Waals surface area (Å²) in [6.07, 6.45) is 5.47. The number of halogens is 1. The number of hydrogen-bond acceptors (Lipinski definition) is 4. The van der Waals surface area contributed by atoms with Gasteiger partial charge in [-0.2, -0.15) is 0 Å². The molecule has 1 saturated carbocycles. The van der Waals surface area contributed by atoms with Crippen molar-refractivity contribution in [3.8, 4) is 0 Å². The van der Waals surface area contributed by atoms with E-state index < -0.39 is 17.3 Å². The molecule has 1 aromatic heterocycles. The third-order valence-corrected chi connectivity index (χ3v) is 5.09. The fourth-order valence-electron chi connectivity index (χ4n) is 3.68. The molecular weight excluding hydrogens is 359 g/mol. The number of benzene rings is 2. The molecule has 6 heteroatoms. The van der Waals surface area contributed by atoms with Crippen molar-refractivity contribution in [2.75, 3.05) is 10.6 Å². The van der Waals surface area contributed by atoms with Crippen LogP contribution in [0.25, 0.3) is 11.0 Å². The van der Waals surface area contributed by atoms with Gasteiger partial charge in [0.2, 0.25) is 0 Å². The second kappa shape index (κ2) is 7.84. The highest BCUT2D eigenvalue weighted by molar-refractivity contribution is 6.08. The number of carbonyl (C=O) groups is 1. The normalized spacial score (nSPS) is 14.8. The molecular formula is C22H21FN2O3. The van der Waals surface area contributed by atoms with E-state index in [0.29, 0.717) is 11.3 Å². The molecule has 1 fully saturated rings. The highest BCUT2D eigenvalue weighted by Gasteiger charge is 2.21. The number of hydrogen-bond donors (Lipinski definition) is 2. The van der Waals surface area contributed by atoms with Gasteiger partial charge in [0.15, 0.2) is 5.69 Å². The van der Waals surface area contributed by atoms with Crippen molar-refractivity contribution in [1.82, 2.24) is 0 Å². The van der Waals surface area contributed by atoms with Gasteiger partial charge in [0.05, 0.1) is 5.69 Å². The van der Waals surface area contributed by atoms with Crippen LogP contribution in [0.1, 0.15) is 42.5 Å². The molecule has 2 aromatic carbocycles. The van der Waals surface area contributed by atoms with E-state index in [1.54, 1.807) is 12.1 Å². The van der Waals surface area contributed by atoms with Crippen molar-refractivity contribution in [3.05, 3.63) is 70.3 Å². The average Bonchev–Trinajstić information content (AvgIpc) is 2.71. The van der Waals surface area contributed by atoms with Crippen molar-refractivity contribution < 1.29 is 13.6 Å². The van der Waals surface area contributed by atoms with Crippen LogP contribution in [0, 0.1) is 5.82 Å². The number of carbonyl (C=O) groups excluding carboxylic acids is 1. The lowest BCUT2D eigenvalue weighted by atomic mass is 9.95. The highest BCUT2D eigenvalue weighted by atomic mass is 19.1. The Labute approximate surface area is 161 Å². The van der Waals surface area contributed by atoms with Crippen LogP contribution < -0.4 is 16.3 Å². The summed E-state index contributed by atoms with van der Waals surface area (Å²) in [6, 6.07) is 12.8. The van der Waals surface area contributed by atoms with E-state index in [1.807, 2.05) is 12.1 Å². The first-order valence-electron chi connectivity index (χ1n) is 9.51. The number of amides is 1. The largest absolute Gasteiger partial charge is 0.421 e. The molecule has 0 radical (unpaired) electrons. The molecule has 1 amide bonds. The number of nitrogens with one attached hydrogen (secondary N) is 2. The average molecular weight is 380 g/mol. The molecule has 28 heavy (non-hydrogen) atoms. The van der Waals surface area contributed by atoms with E-state index in [-0.39, 0.29) is 17.3 Å². The first kappa shape index (κ1) is 18.2. The summed E-state index contributed by atoms with van der Waals surface area (Å²) in [4.78, 5) is 25.2. The Kier molecular flexibility index (Phi) is 5.10. The predicted octanol–water partition coefficient (Wildman–Crippen LogP) is 4.93. The maximum atomic E-state index is 13.5. The first-order valence-corrected chi connectivity index (χ1v) is 9.51. The maximum absolute atomic E-state index is 13.5. The molecule has 4 rings (SSSR count). The lowest BCUT2D eigenvalue weighted by Crippen LogP contribution is -2.26. The van der Waals surface area contributed by atoms with Crippen molar-refractivity contribution in [2.45, 2.75) is 38.1 Å². The molecule has 0 unspecified atom stereocenters. The maximum Gasteiger partial charge on any atom is 0.362 e. The second-order valence-electron chi connectivity index (χ2n) is 7.08. The fourth-order valence-corrected chi connectivity index (χ4v) is 3.68. The van der Waals surface area contributed by atoms with Crippen LogP contribution in [0.4, 0.5) is 15.8 Å². The van der Waals surface area contributed by atoms with Gasteiger partial charge >= 0.3 is 5.63 Å². The lowest BCUT2D eigenvalue weighted by Gasteiger charge is -2.25. The van der Waals surface area contributed by atoms with Crippen LogP contribution >= 0.6 is 0 Å². The summed E-state index contributed by atoms with van der Waals surface area (Å²) in [5.41, 5.74) is 0.564.